The van der Waals surface area contributed by atoms with E-state index in [1.54, 1.807) is 0 Å². The largest absolute Gasteiger partial charge is 0.497 e. The lowest BCUT2D eigenvalue weighted by Crippen LogP contribution is -2.35. The summed E-state index contributed by atoms with van der Waals surface area (Å²) in [6, 6.07) is 9.03. The van der Waals surface area contributed by atoms with Crippen molar-refractivity contribution in [3.8, 4) is 11.5 Å². The first kappa shape index (κ1) is 20.5. The van der Waals surface area contributed by atoms with Gasteiger partial charge in [0, 0.05) is 12.1 Å². The molecule has 0 unspecified atom stereocenters. The molecule has 0 saturated heterocycles. The molecule has 0 aromatic heterocycles. The number of para-hydroxylation sites is 1. The van der Waals surface area contributed by atoms with Crippen molar-refractivity contribution in [2.24, 2.45) is 0 Å². The summed E-state index contributed by atoms with van der Waals surface area (Å²) in [5.41, 5.74) is -0.651. The number of halogens is 1. The first-order valence-corrected chi connectivity index (χ1v) is 9.20. The lowest BCUT2D eigenvalue weighted by molar-refractivity contribution is -0.387. The molecule has 0 bridgehead atoms. The number of methoxy groups -OCH3 is 2. The van der Waals surface area contributed by atoms with Gasteiger partial charge in [-0.3, -0.25) is 19.2 Å². The third-order valence-electron chi connectivity index (χ3n) is 3.55. The molecular weight excluding hydrogens is 400 g/mol. The van der Waals surface area contributed by atoms with Gasteiger partial charge in [0.05, 0.1) is 24.8 Å². The van der Waals surface area contributed by atoms with E-state index in [1.807, 2.05) is 0 Å². The second-order valence-electron chi connectivity index (χ2n) is 5.13. The van der Waals surface area contributed by atoms with E-state index in [9.17, 15) is 23.3 Å². The van der Waals surface area contributed by atoms with E-state index in [4.69, 9.17) is 21.1 Å². The monoisotopic (exact) mass is 414 g/mol. The van der Waals surface area contributed by atoms with Gasteiger partial charge in [-0.15, -0.1) is 0 Å². The maximum Gasteiger partial charge on any atom is 0.289 e. The van der Waals surface area contributed by atoms with Crippen molar-refractivity contribution in [2.75, 3.05) is 25.1 Å². The van der Waals surface area contributed by atoms with Gasteiger partial charge in [-0.05, 0) is 29.8 Å². The third-order valence-corrected chi connectivity index (χ3v) is 5.48. The van der Waals surface area contributed by atoms with E-state index < -0.39 is 37.3 Å². The minimum absolute atomic E-state index is 0.0227. The molecule has 27 heavy (non-hydrogen) atoms. The summed E-state index contributed by atoms with van der Waals surface area (Å²) in [6.45, 7) is -0.751. The molecule has 0 aliphatic heterocycles. The number of sulfonamides is 1. The molecular formula is C16H15ClN2O7S. The fraction of sp³-hybridized carbons (Fsp3) is 0.188. The molecule has 0 aliphatic rings. The van der Waals surface area contributed by atoms with Crippen molar-refractivity contribution in [1.29, 1.82) is 0 Å². The van der Waals surface area contributed by atoms with E-state index in [0.29, 0.717) is 10.1 Å². The Bertz CT molecular complexity index is 978. The standard InChI is InChI=1S/C16H15ClN2O7S/c1-25-11-7-8-12(14(9-11)26-2)18(10-16(17)20)27(23,24)15-6-4-3-5-13(15)19(21)22/h3-9H,10H2,1-2H3. The Morgan fingerprint density at radius 3 is 2.41 bits per heavy atom. The van der Waals surface area contributed by atoms with Gasteiger partial charge in [-0.2, -0.15) is 0 Å². The number of nitrogens with zero attached hydrogens (tertiary/aromatic N) is 2. The number of anilines is 1. The zero-order valence-electron chi connectivity index (χ0n) is 14.3. The molecule has 0 N–H and O–H groups in total. The molecule has 0 radical (unpaired) electrons. The van der Waals surface area contributed by atoms with Gasteiger partial charge >= 0.3 is 0 Å². The average molecular weight is 415 g/mol. The summed E-state index contributed by atoms with van der Waals surface area (Å²) in [6.07, 6.45) is 0. The number of benzene rings is 2. The van der Waals surface area contributed by atoms with E-state index in [0.717, 1.165) is 12.1 Å². The Kier molecular flexibility index (Phi) is 6.24. The molecule has 0 atom stereocenters. The molecule has 0 saturated carbocycles. The lowest BCUT2D eigenvalue weighted by Gasteiger charge is -2.24. The summed E-state index contributed by atoms with van der Waals surface area (Å²) >= 11 is 5.43. The molecule has 0 amide bonds. The van der Waals surface area contributed by atoms with E-state index in [-0.39, 0.29) is 11.4 Å². The van der Waals surface area contributed by atoms with Crippen LogP contribution in [0.5, 0.6) is 11.5 Å². The fourth-order valence-electron chi connectivity index (χ4n) is 2.35. The van der Waals surface area contributed by atoms with Gasteiger partial charge in [-0.25, -0.2) is 8.42 Å². The normalized spacial score (nSPS) is 10.9. The number of rotatable bonds is 8. The highest BCUT2D eigenvalue weighted by Gasteiger charge is 2.34. The summed E-state index contributed by atoms with van der Waals surface area (Å²) in [5.74, 6) is 0.463. The highest BCUT2D eigenvalue weighted by Crippen LogP contribution is 2.37. The first-order valence-electron chi connectivity index (χ1n) is 7.39. The zero-order chi connectivity index (χ0) is 20.2. The summed E-state index contributed by atoms with van der Waals surface area (Å²) in [7, 11) is -1.79. The van der Waals surface area contributed by atoms with Crippen LogP contribution in [0.15, 0.2) is 47.4 Å². The highest BCUT2D eigenvalue weighted by atomic mass is 35.5. The van der Waals surface area contributed by atoms with Crippen molar-refractivity contribution < 1.29 is 27.6 Å². The molecule has 9 nitrogen and oxygen atoms in total. The highest BCUT2D eigenvalue weighted by molar-refractivity contribution is 7.93. The molecule has 2 aromatic rings. The maximum absolute atomic E-state index is 13.1. The van der Waals surface area contributed by atoms with E-state index in [2.05, 4.69) is 0 Å². The van der Waals surface area contributed by atoms with Crippen LogP contribution in [0.2, 0.25) is 0 Å². The number of carbonyl (C=O) groups excluding carboxylic acids is 1. The quantitative estimate of drug-likeness (QED) is 0.370. The molecule has 144 valence electrons. The van der Waals surface area contributed by atoms with Crippen LogP contribution in [0.3, 0.4) is 0 Å². The number of nitro groups is 1. The van der Waals surface area contributed by atoms with Crippen LogP contribution in [0.4, 0.5) is 11.4 Å². The summed E-state index contributed by atoms with van der Waals surface area (Å²) < 4.78 is 37.2. The van der Waals surface area contributed by atoms with Crippen LogP contribution in [0.1, 0.15) is 0 Å². The van der Waals surface area contributed by atoms with Crippen LogP contribution in [0, 0.1) is 10.1 Å². The van der Waals surface area contributed by atoms with Gasteiger partial charge in [0.1, 0.15) is 18.0 Å². The molecule has 2 rings (SSSR count). The van der Waals surface area contributed by atoms with Crippen LogP contribution >= 0.6 is 11.6 Å². The van der Waals surface area contributed by atoms with Crippen molar-refractivity contribution in [3.05, 3.63) is 52.6 Å². The maximum atomic E-state index is 13.1. The Morgan fingerprint density at radius 2 is 1.85 bits per heavy atom. The number of ether oxygens (including phenoxy) is 2. The molecule has 0 aliphatic carbocycles. The Morgan fingerprint density at radius 1 is 1.19 bits per heavy atom. The smallest absolute Gasteiger partial charge is 0.289 e. The fourth-order valence-corrected chi connectivity index (χ4v) is 4.13. The van der Waals surface area contributed by atoms with Gasteiger partial charge in [-0.1, -0.05) is 12.1 Å². The number of carbonyl (C=O) groups is 1. The van der Waals surface area contributed by atoms with Crippen molar-refractivity contribution >= 4 is 38.2 Å². The molecule has 11 heteroatoms. The van der Waals surface area contributed by atoms with Gasteiger partial charge < -0.3 is 9.47 Å². The van der Waals surface area contributed by atoms with Gasteiger partial charge in [0.15, 0.2) is 4.90 Å². The minimum Gasteiger partial charge on any atom is -0.497 e. The average Bonchev–Trinajstić information content (AvgIpc) is 2.65. The number of hydrogen-bond donors (Lipinski definition) is 0. The second-order valence-corrected chi connectivity index (χ2v) is 7.38. The predicted octanol–water partition coefficient (Wildman–Crippen LogP) is 2.57. The number of nitro benzene ring substituents is 1. The topological polar surface area (TPSA) is 116 Å². The summed E-state index contributed by atoms with van der Waals surface area (Å²) in [5, 5.41) is 10.3. The molecule has 0 heterocycles. The van der Waals surface area contributed by atoms with Crippen LogP contribution < -0.4 is 13.8 Å². The van der Waals surface area contributed by atoms with Crippen molar-refractivity contribution in [1.82, 2.24) is 0 Å². The Labute approximate surface area is 160 Å². The minimum atomic E-state index is -4.51. The van der Waals surface area contributed by atoms with E-state index in [1.165, 1.54) is 44.6 Å². The van der Waals surface area contributed by atoms with Gasteiger partial charge in [0.25, 0.3) is 15.7 Å². The lowest BCUT2D eigenvalue weighted by atomic mass is 10.2. The van der Waals surface area contributed by atoms with Gasteiger partial charge in [0.2, 0.25) is 5.24 Å². The van der Waals surface area contributed by atoms with Crippen LogP contribution in [-0.2, 0) is 14.8 Å². The first-order chi connectivity index (χ1) is 12.7. The Hall–Kier alpha value is -2.85. The zero-order valence-corrected chi connectivity index (χ0v) is 15.9. The second kappa shape index (κ2) is 8.23. The van der Waals surface area contributed by atoms with Crippen LogP contribution in [-0.4, -0.2) is 39.3 Å². The summed E-state index contributed by atoms with van der Waals surface area (Å²) in [4.78, 5) is 21.4. The Balaban J connectivity index is 2.71. The van der Waals surface area contributed by atoms with E-state index >= 15 is 0 Å². The number of hydrogen-bond acceptors (Lipinski definition) is 7. The SMILES string of the molecule is COc1ccc(N(CC(=O)Cl)S(=O)(=O)c2ccccc2[N+](=O)[O-])c(OC)c1. The van der Waals surface area contributed by atoms with Crippen molar-refractivity contribution in [2.45, 2.75) is 4.90 Å². The predicted molar refractivity (Wildman–Crippen MR) is 98.0 cm³/mol. The van der Waals surface area contributed by atoms with Crippen LogP contribution in [0.25, 0.3) is 0 Å². The molecule has 0 fully saturated rings. The molecule has 2 aromatic carbocycles. The third kappa shape index (κ3) is 4.29. The molecule has 0 spiro atoms. The van der Waals surface area contributed by atoms with Crippen molar-refractivity contribution in [3.63, 3.8) is 0 Å².